The molecule has 0 spiro atoms. The van der Waals surface area contributed by atoms with E-state index in [-0.39, 0.29) is 18.4 Å². The molecular weight excluding hydrogens is 385 g/mol. The molecule has 0 aromatic heterocycles. The number of hydrogen-bond acceptors (Lipinski definition) is 5. The van der Waals surface area contributed by atoms with Crippen LogP contribution in [-0.4, -0.2) is 93.2 Å². The van der Waals surface area contributed by atoms with E-state index in [9.17, 15) is 17.6 Å². The van der Waals surface area contributed by atoms with Gasteiger partial charge in [-0.3, -0.25) is 9.69 Å². The van der Waals surface area contributed by atoms with Crippen molar-refractivity contribution in [1.82, 2.24) is 14.1 Å². The topological polar surface area (TPSA) is 70.2 Å². The molecule has 3 rings (SSSR count). The van der Waals surface area contributed by atoms with Gasteiger partial charge in [-0.2, -0.15) is 4.31 Å². The van der Waals surface area contributed by atoms with Gasteiger partial charge in [-0.15, -0.1) is 0 Å². The Hall–Kier alpha value is -1.55. The first-order valence-corrected chi connectivity index (χ1v) is 11.5. The zero-order valence-corrected chi connectivity index (χ0v) is 17.0. The van der Waals surface area contributed by atoms with Crippen molar-refractivity contribution in [2.45, 2.75) is 18.9 Å². The summed E-state index contributed by atoms with van der Waals surface area (Å²) in [5.41, 5.74) is 0.364. The number of halogens is 1. The lowest BCUT2D eigenvalue weighted by Gasteiger charge is -2.31. The maximum Gasteiger partial charge on any atom is 0.227 e. The zero-order valence-electron chi connectivity index (χ0n) is 16.2. The van der Waals surface area contributed by atoms with Crippen molar-refractivity contribution in [2.75, 3.05) is 58.7 Å². The molecule has 2 heterocycles. The molecule has 1 unspecified atom stereocenters. The van der Waals surface area contributed by atoms with Crippen LogP contribution in [0.1, 0.15) is 12.0 Å². The molecule has 2 aliphatic heterocycles. The number of rotatable bonds is 7. The van der Waals surface area contributed by atoms with E-state index in [1.807, 2.05) is 0 Å². The number of ether oxygens (including phenoxy) is 1. The van der Waals surface area contributed by atoms with E-state index in [0.29, 0.717) is 51.4 Å². The molecule has 2 saturated heterocycles. The lowest BCUT2D eigenvalue weighted by Crippen LogP contribution is -2.47. The number of morpholine rings is 1. The Labute approximate surface area is 166 Å². The van der Waals surface area contributed by atoms with Gasteiger partial charge in [-0.25, -0.2) is 12.8 Å². The maximum absolute atomic E-state index is 13.8. The summed E-state index contributed by atoms with van der Waals surface area (Å²) in [5, 5.41) is 0. The molecule has 156 valence electrons. The molecule has 0 radical (unpaired) electrons. The van der Waals surface area contributed by atoms with E-state index in [1.165, 1.54) is 16.6 Å². The van der Waals surface area contributed by atoms with Gasteiger partial charge in [0.25, 0.3) is 0 Å². The van der Waals surface area contributed by atoms with Crippen LogP contribution in [0.5, 0.6) is 0 Å². The molecule has 1 aromatic carbocycles. The summed E-state index contributed by atoms with van der Waals surface area (Å²) >= 11 is 0. The first-order chi connectivity index (χ1) is 13.3. The molecular formula is C19H28FN3O4S. The third kappa shape index (κ3) is 5.50. The Balaban J connectivity index is 1.58. The van der Waals surface area contributed by atoms with Crippen molar-refractivity contribution < 1.29 is 22.3 Å². The highest BCUT2D eigenvalue weighted by Crippen LogP contribution is 2.20. The van der Waals surface area contributed by atoms with Crippen LogP contribution < -0.4 is 0 Å². The average Bonchev–Trinajstić information content (AvgIpc) is 3.13. The van der Waals surface area contributed by atoms with Crippen LogP contribution in [0.25, 0.3) is 0 Å². The molecule has 28 heavy (non-hydrogen) atoms. The van der Waals surface area contributed by atoms with E-state index in [2.05, 4.69) is 4.90 Å². The van der Waals surface area contributed by atoms with Gasteiger partial charge < -0.3 is 9.64 Å². The minimum absolute atomic E-state index is 0.00789. The summed E-state index contributed by atoms with van der Waals surface area (Å²) in [7, 11) is -3.39. The molecule has 1 aromatic rings. The van der Waals surface area contributed by atoms with Crippen molar-refractivity contribution in [3.05, 3.63) is 35.6 Å². The molecule has 0 N–H and O–H groups in total. The van der Waals surface area contributed by atoms with Gasteiger partial charge >= 0.3 is 0 Å². The highest BCUT2D eigenvalue weighted by molar-refractivity contribution is 7.88. The van der Waals surface area contributed by atoms with Gasteiger partial charge in [0.05, 0.1) is 25.9 Å². The number of sulfonamides is 1. The normalized spacial score (nSPS) is 21.4. The molecule has 0 aliphatic carbocycles. The van der Waals surface area contributed by atoms with Crippen LogP contribution in [0.2, 0.25) is 0 Å². The minimum Gasteiger partial charge on any atom is -0.379 e. The van der Waals surface area contributed by atoms with Crippen molar-refractivity contribution in [1.29, 1.82) is 0 Å². The summed E-state index contributed by atoms with van der Waals surface area (Å²) < 4.78 is 45.3. The quantitative estimate of drug-likeness (QED) is 0.654. The van der Waals surface area contributed by atoms with Crippen LogP contribution in [0.4, 0.5) is 4.39 Å². The van der Waals surface area contributed by atoms with Gasteiger partial charge in [-0.1, -0.05) is 18.2 Å². The molecule has 2 fully saturated rings. The standard InChI is InChI=1S/C19H28FN3O4S/c1-28(25,26)23(9-8-21-10-12-27-13-11-21)17-6-7-22(15-17)19(24)14-16-4-2-3-5-18(16)20/h2-5,17H,6-15H2,1H3. The van der Waals surface area contributed by atoms with Gasteiger partial charge in [0.1, 0.15) is 5.82 Å². The highest BCUT2D eigenvalue weighted by atomic mass is 32.2. The fraction of sp³-hybridized carbons (Fsp3) is 0.632. The van der Waals surface area contributed by atoms with Gasteiger partial charge in [-0.05, 0) is 18.1 Å². The number of hydrogen-bond donors (Lipinski definition) is 0. The molecule has 7 nitrogen and oxygen atoms in total. The minimum atomic E-state index is -3.39. The second-order valence-corrected chi connectivity index (χ2v) is 9.31. The third-order valence-electron chi connectivity index (χ3n) is 5.39. The lowest BCUT2D eigenvalue weighted by molar-refractivity contribution is -0.129. The second-order valence-electron chi connectivity index (χ2n) is 7.38. The number of likely N-dealkylation sites (tertiary alicyclic amines) is 1. The largest absolute Gasteiger partial charge is 0.379 e. The predicted octanol–water partition coefficient (Wildman–Crippen LogP) is 0.563. The SMILES string of the molecule is CS(=O)(=O)N(CCN1CCOCC1)C1CCN(C(=O)Cc2ccccc2F)C1. The number of carbonyl (C=O) groups excluding carboxylic acids is 1. The van der Waals surface area contributed by atoms with E-state index < -0.39 is 15.8 Å². The summed E-state index contributed by atoms with van der Waals surface area (Å²) in [4.78, 5) is 16.4. The highest BCUT2D eigenvalue weighted by Gasteiger charge is 2.34. The maximum atomic E-state index is 13.8. The number of carbonyl (C=O) groups is 1. The summed E-state index contributed by atoms with van der Waals surface area (Å²) in [5.74, 6) is -0.566. The zero-order chi connectivity index (χ0) is 20.1. The van der Waals surface area contributed by atoms with Crippen LogP contribution in [0, 0.1) is 5.82 Å². The van der Waals surface area contributed by atoms with Gasteiger partial charge in [0, 0.05) is 45.3 Å². The van der Waals surface area contributed by atoms with Crippen LogP contribution in [0.15, 0.2) is 24.3 Å². The van der Waals surface area contributed by atoms with Crippen LogP contribution in [-0.2, 0) is 26.0 Å². The second kappa shape index (κ2) is 9.30. The Morgan fingerprint density at radius 1 is 1.25 bits per heavy atom. The molecule has 1 amide bonds. The van der Waals surface area contributed by atoms with E-state index in [0.717, 1.165) is 13.1 Å². The van der Waals surface area contributed by atoms with E-state index in [4.69, 9.17) is 4.74 Å². The van der Waals surface area contributed by atoms with Crippen molar-refractivity contribution in [3.8, 4) is 0 Å². The summed E-state index contributed by atoms with van der Waals surface area (Å²) in [6, 6.07) is 6.00. The monoisotopic (exact) mass is 413 g/mol. The van der Waals surface area contributed by atoms with Crippen LogP contribution >= 0.6 is 0 Å². The van der Waals surface area contributed by atoms with Gasteiger partial charge in [0.2, 0.25) is 15.9 Å². The molecule has 9 heteroatoms. The molecule has 1 atom stereocenters. The number of benzene rings is 1. The molecule has 0 bridgehead atoms. The first kappa shape index (κ1) is 21.2. The summed E-state index contributed by atoms with van der Waals surface area (Å²) in [6.45, 7) is 4.83. The summed E-state index contributed by atoms with van der Waals surface area (Å²) in [6.07, 6.45) is 1.81. The van der Waals surface area contributed by atoms with Crippen molar-refractivity contribution in [3.63, 3.8) is 0 Å². The first-order valence-electron chi connectivity index (χ1n) is 9.62. The van der Waals surface area contributed by atoms with E-state index in [1.54, 1.807) is 23.1 Å². The Morgan fingerprint density at radius 3 is 2.64 bits per heavy atom. The fourth-order valence-electron chi connectivity index (χ4n) is 3.80. The number of amides is 1. The fourth-order valence-corrected chi connectivity index (χ4v) is 4.93. The Bertz CT molecular complexity index is 783. The molecule has 2 aliphatic rings. The smallest absolute Gasteiger partial charge is 0.227 e. The lowest BCUT2D eigenvalue weighted by atomic mass is 10.1. The van der Waals surface area contributed by atoms with Crippen molar-refractivity contribution in [2.24, 2.45) is 0 Å². The number of nitrogens with zero attached hydrogens (tertiary/aromatic N) is 3. The predicted molar refractivity (Wildman–Crippen MR) is 104 cm³/mol. The molecule has 0 saturated carbocycles. The average molecular weight is 414 g/mol. The van der Waals surface area contributed by atoms with Crippen LogP contribution in [0.3, 0.4) is 0 Å². The van der Waals surface area contributed by atoms with E-state index >= 15 is 0 Å². The van der Waals surface area contributed by atoms with Gasteiger partial charge in [0.15, 0.2) is 0 Å². The Kier molecular flexibility index (Phi) is 7.03. The Morgan fingerprint density at radius 2 is 1.96 bits per heavy atom. The third-order valence-corrected chi connectivity index (χ3v) is 6.72. The van der Waals surface area contributed by atoms with Crippen molar-refractivity contribution >= 4 is 15.9 Å².